The second-order valence-electron chi connectivity index (χ2n) is 6.05. The van der Waals surface area contributed by atoms with Crippen molar-refractivity contribution in [3.63, 3.8) is 0 Å². The van der Waals surface area contributed by atoms with Crippen LogP contribution in [0.2, 0.25) is 0 Å². The Morgan fingerprint density at radius 2 is 2.28 bits per heavy atom. The van der Waals surface area contributed by atoms with E-state index in [2.05, 4.69) is 10.3 Å². The van der Waals surface area contributed by atoms with Crippen molar-refractivity contribution in [3.8, 4) is 0 Å². The molecule has 3 rings (SSSR count). The molecule has 1 aromatic carbocycles. The van der Waals surface area contributed by atoms with Gasteiger partial charge in [0.1, 0.15) is 0 Å². The Labute approximate surface area is 154 Å². The molecule has 1 saturated heterocycles. The van der Waals surface area contributed by atoms with Crippen molar-refractivity contribution in [3.05, 3.63) is 24.3 Å². The summed E-state index contributed by atoms with van der Waals surface area (Å²) in [6.45, 7) is 2.93. The highest BCUT2D eigenvalue weighted by Gasteiger charge is 2.23. The van der Waals surface area contributed by atoms with Gasteiger partial charge in [0.25, 0.3) is 0 Å². The van der Waals surface area contributed by atoms with E-state index in [1.165, 1.54) is 11.8 Å². The molecule has 2 N–H and O–H groups in total. The highest BCUT2D eigenvalue weighted by Crippen LogP contribution is 2.31. The van der Waals surface area contributed by atoms with Gasteiger partial charge in [0.15, 0.2) is 4.34 Å². The average molecular weight is 380 g/mol. The van der Waals surface area contributed by atoms with Gasteiger partial charge in [-0.2, -0.15) is 0 Å². The van der Waals surface area contributed by atoms with Gasteiger partial charge >= 0.3 is 0 Å². The van der Waals surface area contributed by atoms with Crippen molar-refractivity contribution in [2.75, 3.05) is 19.6 Å². The Morgan fingerprint density at radius 3 is 3.00 bits per heavy atom. The number of β-amino-alcohol motifs (C(OH)–C–C–N with tert-alkyl or cyclic N) is 1. The second-order valence-corrected chi connectivity index (χ2v) is 8.67. The number of hydrogen-bond acceptors (Lipinski definition) is 6. The number of likely N-dealkylation sites (tertiary alicyclic amines) is 1. The standard InChI is InChI=1S/C17H21N3O3S2/c1-11(24-17-19-13-5-2-3-6-14(13)25-17)16(23)18-9-12(21)10-20-8-4-7-15(20)22/h2-3,5-6,11-12,21H,4,7-10H2,1H3,(H,18,23). The molecular weight excluding hydrogens is 358 g/mol. The molecule has 2 heterocycles. The fraction of sp³-hybridized carbons (Fsp3) is 0.471. The maximum atomic E-state index is 12.2. The van der Waals surface area contributed by atoms with E-state index in [-0.39, 0.29) is 30.2 Å². The Balaban J connectivity index is 1.46. The molecule has 8 heteroatoms. The van der Waals surface area contributed by atoms with Gasteiger partial charge in [-0.1, -0.05) is 23.9 Å². The molecule has 25 heavy (non-hydrogen) atoms. The first-order chi connectivity index (χ1) is 12.0. The first-order valence-electron chi connectivity index (χ1n) is 8.28. The molecule has 0 saturated carbocycles. The number of thioether (sulfide) groups is 1. The van der Waals surface area contributed by atoms with E-state index in [4.69, 9.17) is 0 Å². The van der Waals surface area contributed by atoms with Crippen LogP contribution >= 0.6 is 23.1 Å². The van der Waals surface area contributed by atoms with E-state index in [0.29, 0.717) is 13.0 Å². The zero-order valence-corrected chi connectivity index (χ0v) is 15.6. The van der Waals surface area contributed by atoms with Crippen molar-refractivity contribution in [2.24, 2.45) is 0 Å². The number of aliphatic hydroxyl groups is 1. The van der Waals surface area contributed by atoms with Gasteiger partial charge in [-0.3, -0.25) is 9.59 Å². The molecule has 134 valence electrons. The van der Waals surface area contributed by atoms with Crippen LogP contribution in [0.25, 0.3) is 10.2 Å². The normalized spacial score (nSPS) is 17.0. The molecule has 2 amide bonds. The van der Waals surface area contributed by atoms with Gasteiger partial charge in [0.2, 0.25) is 11.8 Å². The lowest BCUT2D eigenvalue weighted by Crippen LogP contribution is -2.42. The minimum absolute atomic E-state index is 0.0742. The van der Waals surface area contributed by atoms with E-state index < -0.39 is 6.10 Å². The predicted octanol–water partition coefficient (Wildman–Crippen LogP) is 1.88. The van der Waals surface area contributed by atoms with Gasteiger partial charge in [0, 0.05) is 26.1 Å². The summed E-state index contributed by atoms with van der Waals surface area (Å²) in [6, 6.07) is 7.88. The number of thiazole rings is 1. The number of nitrogens with one attached hydrogen (secondary N) is 1. The van der Waals surface area contributed by atoms with Crippen LogP contribution in [0, 0.1) is 0 Å². The summed E-state index contributed by atoms with van der Waals surface area (Å²) in [7, 11) is 0. The van der Waals surface area contributed by atoms with Gasteiger partial charge in [0.05, 0.1) is 21.6 Å². The molecule has 1 aliphatic rings. The minimum atomic E-state index is -0.745. The monoisotopic (exact) mass is 379 g/mol. The van der Waals surface area contributed by atoms with Crippen LogP contribution in [0.1, 0.15) is 19.8 Å². The first-order valence-corrected chi connectivity index (χ1v) is 9.98. The molecule has 1 aliphatic heterocycles. The Bertz CT molecular complexity index is 731. The third-order valence-corrected chi connectivity index (χ3v) is 6.27. The molecule has 1 fully saturated rings. The maximum Gasteiger partial charge on any atom is 0.233 e. The summed E-state index contributed by atoms with van der Waals surface area (Å²) < 4.78 is 1.95. The molecule has 0 aliphatic carbocycles. The highest BCUT2D eigenvalue weighted by atomic mass is 32.2. The minimum Gasteiger partial charge on any atom is -0.389 e. The lowest BCUT2D eigenvalue weighted by Gasteiger charge is -2.20. The van der Waals surface area contributed by atoms with Crippen LogP contribution in [0.3, 0.4) is 0 Å². The number of para-hydroxylation sites is 1. The lowest BCUT2D eigenvalue weighted by atomic mass is 10.3. The van der Waals surface area contributed by atoms with Crippen LogP contribution in [0.15, 0.2) is 28.6 Å². The van der Waals surface area contributed by atoms with Crippen LogP contribution in [0.4, 0.5) is 0 Å². The van der Waals surface area contributed by atoms with E-state index in [0.717, 1.165) is 21.0 Å². The van der Waals surface area contributed by atoms with E-state index in [9.17, 15) is 14.7 Å². The van der Waals surface area contributed by atoms with E-state index in [1.807, 2.05) is 31.2 Å². The number of benzene rings is 1. The number of fused-ring (bicyclic) bond motifs is 1. The smallest absolute Gasteiger partial charge is 0.233 e. The van der Waals surface area contributed by atoms with E-state index in [1.54, 1.807) is 16.2 Å². The number of nitrogens with zero attached hydrogens (tertiary/aromatic N) is 2. The zero-order chi connectivity index (χ0) is 17.8. The van der Waals surface area contributed by atoms with Crippen molar-refractivity contribution in [1.29, 1.82) is 0 Å². The van der Waals surface area contributed by atoms with Crippen molar-refractivity contribution < 1.29 is 14.7 Å². The third kappa shape index (κ3) is 4.71. The van der Waals surface area contributed by atoms with Gasteiger partial charge in [-0.25, -0.2) is 4.98 Å². The fourth-order valence-electron chi connectivity index (χ4n) is 2.68. The number of carbonyl (C=O) groups excluding carboxylic acids is 2. The number of hydrogen-bond donors (Lipinski definition) is 2. The molecule has 2 aromatic rings. The summed E-state index contributed by atoms with van der Waals surface area (Å²) in [5, 5.41) is 12.5. The zero-order valence-electron chi connectivity index (χ0n) is 14.0. The number of aromatic nitrogens is 1. The molecule has 6 nitrogen and oxygen atoms in total. The number of aliphatic hydroxyl groups excluding tert-OH is 1. The third-order valence-electron chi connectivity index (χ3n) is 4.04. The first kappa shape index (κ1) is 18.2. The van der Waals surface area contributed by atoms with Crippen molar-refractivity contribution in [1.82, 2.24) is 15.2 Å². The number of rotatable bonds is 7. The van der Waals surface area contributed by atoms with Gasteiger partial charge in [-0.05, 0) is 25.5 Å². The summed E-state index contributed by atoms with van der Waals surface area (Å²) in [5.74, 6) is -0.0683. The Kier molecular flexibility index (Phi) is 5.93. The Hall–Kier alpha value is -1.64. The topological polar surface area (TPSA) is 82.5 Å². The summed E-state index contributed by atoms with van der Waals surface area (Å²) in [6.07, 6.45) is 0.647. The molecule has 2 atom stereocenters. The molecule has 1 aromatic heterocycles. The SMILES string of the molecule is CC(Sc1nc2ccccc2s1)C(=O)NCC(O)CN1CCCC1=O. The number of amides is 2. The quantitative estimate of drug-likeness (QED) is 0.718. The molecule has 2 unspecified atom stereocenters. The van der Waals surface area contributed by atoms with Gasteiger partial charge in [-0.15, -0.1) is 11.3 Å². The largest absolute Gasteiger partial charge is 0.389 e. The fourth-order valence-corrected chi connectivity index (χ4v) is 4.92. The number of carbonyl (C=O) groups is 2. The van der Waals surface area contributed by atoms with Crippen LogP contribution in [0.5, 0.6) is 0 Å². The molecular formula is C17H21N3O3S2. The van der Waals surface area contributed by atoms with Crippen molar-refractivity contribution in [2.45, 2.75) is 35.5 Å². The van der Waals surface area contributed by atoms with Crippen LogP contribution < -0.4 is 5.32 Å². The summed E-state index contributed by atoms with van der Waals surface area (Å²) in [5.41, 5.74) is 0.938. The maximum absolute atomic E-state index is 12.2. The van der Waals surface area contributed by atoms with Crippen molar-refractivity contribution >= 4 is 45.1 Å². The molecule has 0 spiro atoms. The summed E-state index contributed by atoms with van der Waals surface area (Å²) in [4.78, 5) is 29.9. The van der Waals surface area contributed by atoms with Gasteiger partial charge < -0.3 is 15.3 Å². The average Bonchev–Trinajstić information content (AvgIpc) is 3.18. The summed E-state index contributed by atoms with van der Waals surface area (Å²) >= 11 is 2.98. The lowest BCUT2D eigenvalue weighted by molar-refractivity contribution is -0.128. The van der Waals surface area contributed by atoms with E-state index >= 15 is 0 Å². The highest BCUT2D eigenvalue weighted by molar-refractivity contribution is 8.02. The van der Waals surface area contributed by atoms with Crippen LogP contribution in [-0.2, 0) is 9.59 Å². The molecule has 0 radical (unpaired) electrons. The Morgan fingerprint density at radius 1 is 1.48 bits per heavy atom. The predicted molar refractivity (Wildman–Crippen MR) is 99.8 cm³/mol. The van der Waals surface area contributed by atoms with Crippen LogP contribution in [-0.4, -0.2) is 57.8 Å². The molecule has 0 bridgehead atoms. The second kappa shape index (κ2) is 8.16.